The summed E-state index contributed by atoms with van der Waals surface area (Å²) in [5.74, 6) is 0.333. The summed E-state index contributed by atoms with van der Waals surface area (Å²) in [7, 11) is 0. The van der Waals surface area contributed by atoms with Crippen molar-refractivity contribution in [3.63, 3.8) is 0 Å². The molecule has 0 atom stereocenters. The van der Waals surface area contributed by atoms with Crippen LogP contribution in [0.4, 0.5) is 8.78 Å². The average Bonchev–Trinajstić information content (AvgIpc) is 1.85. The molecule has 0 unspecified atom stereocenters. The average molecular weight is 172 g/mol. The van der Waals surface area contributed by atoms with Gasteiger partial charge in [0.15, 0.2) is 0 Å². The molecule has 0 aromatic carbocycles. The molecule has 0 saturated carbocycles. The zero-order valence-electron chi connectivity index (χ0n) is 6.13. The number of halogens is 3. The Morgan fingerprint density at radius 3 is 2.30 bits per heavy atom. The van der Waals surface area contributed by atoms with E-state index in [0.29, 0.717) is 5.88 Å². The first kappa shape index (κ1) is 10.1. The van der Waals surface area contributed by atoms with Crippen LogP contribution < -0.4 is 5.32 Å². The maximum atomic E-state index is 11.6. The zero-order valence-corrected chi connectivity index (χ0v) is 6.88. The fraction of sp³-hybridized carbons (Fsp3) is 1.00. The van der Waals surface area contributed by atoms with Gasteiger partial charge in [0.25, 0.3) is 6.43 Å². The van der Waals surface area contributed by atoms with E-state index in [-0.39, 0.29) is 6.54 Å². The summed E-state index contributed by atoms with van der Waals surface area (Å²) in [6.45, 7) is 3.27. The number of rotatable bonds is 4. The minimum Gasteiger partial charge on any atom is -0.305 e. The van der Waals surface area contributed by atoms with E-state index in [1.165, 1.54) is 0 Å². The van der Waals surface area contributed by atoms with Crippen LogP contribution in [0.3, 0.4) is 0 Å². The molecule has 0 aliphatic rings. The van der Waals surface area contributed by atoms with Crippen molar-refractivity contribution < 1.29 is 8.78 Å². The standard InChI is InChI=1S/C6H12ClF2N/c1-6(2,4-7)10-3-5(8)9/h5,10H,3-4H2,1-2H3. The molecule has 0 spiro atoms. The first-order valence-corrected chi connectivity index (χ1v) is 3.60. The van der Waals surface area contributed by atoms with Crippen molar-refractivity contribution in [2.24, 2.45) is 0 Å². The van der Waals surface area contributed by atoms with Gasteiger partial charge in [0, 0.05) is 11.4 Å². The Bertz CT molecular complexity index is 95.7. The third kappa shape index (κ3) is 4.94. The van der Waals surface area contributed by atoms with Gasteiger partial charge >= 0.3 is 0 Å². The summed E-state index contributed by atoms with van der Waals surface area (Å²) in [5, 5.41) is 2.63. The second-order valence-electron chi connectivity index (χ2n) is 2.79. The third-order valence-corrected chi connectivity index (χ3v) is 1.74. The van der Waals surface area contributed by atoms with E-state index in [0.717, 1.165) is 0 Å². The van der Waals surface area contributed by atoms with E-state index in [4.69, 9.17) is 11.6 Å². The Morgan fingerprint density at radius 2 is 2.00 bits per heavy atom. The molecule has 0 aliphatic carbocycles. The van der Waals surface area contributed by atoms with Gasteiger partial charge in [-0.15, -0.1) is 11.6 Å². The second-order valence-corrected chi connectivity index (χ2v) is 3.06. The van der Waals surface area contributed by atoms with E-state index in [9.17, 15) is 8.78 Å². The molecule has 0 fully saturated rings. The topological polar surface area (TPSA) is 12.0 Å². The van der Waals surface area contributed by atoms with Gasteiger partial charge in [-0.2, -0.15) is 0 Å². The monoisotopic (exact) mass is 171 g/mol. The molecule has 0 radical (unpaired) electrons. The van der Waals surface area contributed by atoms with Gasteiger partial charge < -0.3 is 5.32 Å². The minimum absolute atomic E-state index is 0.292. The van der Waals surface area contributed by atoms with Crippen LogP contribution in [0.2, 0.25) is 0 Å². The number of alkyl halides is 3. The summed E-state index contributed by atoms with van der Waals surface area (Å²) in [6.07, 6.45) is -2.30. The normalized spacial score (nSPS) is 12.6. The van der Waals surface area contributed by atoms with Crippen molar-refractivity contribution in [3.8, 4) is 0 Å². The van der Waals surface area contributed by atoms with Gasteiger partial charge in [-0.05, 0) is 13.8 Å². The molecule has 0 bridgehead atoms. The lowest BCUT2D eigenvalue weighted by atomic mass is 10.1. The highest BCUT2D eigenvalue weighted by atomic mass is 35.5. The lowest BCUT2D eigenvalue weighted by Crippen LogP contribution is -2.43. The quantitative estimate of drug-likeness (QED) is 0.637. The highest BCUT2D eigenvalue weighted by molar-refractivity contribution is 6.18. The molecule has 0 heterocycles. The number of hydrogen-bond donors (Lipinski definition) is 1. The Labute approximate surface area is 64.7 Å². The Kier molecular flexibility index (Phi) is 4.13. The molecule has 0 aromatic rings. The van der Waals surface area contributed by atoms with Crippen LogP contribution >= 0.6 is 11.6 Å². The molecule has 0 rings (SSSR count). The molecular formula is C6H12ClF2N. The predicted molar refractivity (Wildman–Crippen MR) is 38.8 cm³/mol. The predicted octanol–water partition coefficient (Wildman–Crippen LogP) is 1.86. The summed E-state index contributed by atoms with van der Waals surface area (Å²) in [4.78, 5) is 0. The largest absolute Gasteiger partial charge is 0.305 e. The molecule has 0 aliphatic heterocycles. The number of hydrogen-bond acceptors (Lipinski definition) is 1. The molecule has 10 heavy (non-hydrogen) atoms. The van der Waals surface area contributed by atoms with Gasteiger partial charge in [-0.3, -0.25) is 0 Å². The summed E-state index contributed by atoms with van der Waals surface area (Å²) < 4.78 is 23.2. The molecule has 0 amide bonds. The zero-order chi connectivity index (χ0) is 8.20. The molecule has 1 nitrogen and oxygen atoms in total. The summed E-state index contributed by atoms with van der Waals surface area (Å²) in [6, 6.07) is 0. The van der Waals surface area contributed by atoms with Crippen molar-refractivity contribution >= 4 is 11.6 Å². The SMILES string of the molecule is CC(C)(CCl)NCC(F)F. The van der Waals surface area contributed by atoms with E-state index >= 15 is 0 Å². The van der Waals surface area contributed by atoms with Crippen molar-refractivity contribution in [2.45, 2.75) is 25.8 Å². The maximum Gasteiger partial charge on any atom is 0.250 e. The van der Waals surface area contributed by atoms with E-state index in [1.54, 1.807) is 13.8 Å². The Morgan fingerprint density at radius 1 is 1.50 bits per heavy atom. The van der Waals surface area contributed by atoms with Gasteiger partial charge in [0.2, 0.25) is 0 Å². The lowest BCUT2D eigenvalue weighted by molar-refractivity contribution is 0.136. The van der Waals surface area contributed by atoms with Crippen molar-refractivity contribution in [2.75, 3.05) is 12.4 Å². The van der Waals surface area contributed by atoms with Crippen LogP contribution in [-0.4, -0.2) is 24.4 Å². The van der Waals surface area contributed by atoms with Crippen LogP contribution in [0.1, 0.15) is 13.8 Å². The second kappa shape index (κ2) is 4.09. The highest BCUT2D eigenvalue weighted by Gasteiger charge is 2.16. The smallest absolute Gasteiger partial charge is 0.250 e. The van der Waals surface area contributed by atoms with E-state index < -0.39 is 12.0 Å². The first-order valence-electron chi connectivity index (χ1n) is 3.07. The molecular weight excluding hydrogens is 160 g/mol. The van der Waals surface area contributed by atoms with Crippen LogP contribution in [0, 0.1) is 0 Å². The Balaban J connectivity index is 3.46. The van der Waals surface area contributed by atoms with Gasteiger partial charge in [0.1, 0.15) is 0 Å². The van der Waals surface area contributed by atoms with Crippen LogP contribution in [0.25, 0.3) is 0 Å². The fourth-order valence-corrected chi connectivity index (χ4v) is 0.495. The van der Waals surface area contributed by atoms with Gasteiger partial charge in [-0.1, -0.05) is 0 Å². The molecule has 0 aromatic heterocycles. The molecule has 62 valence electrons. The van der Waals surface area contributed by atoms with Crippen LogP contribution in [0.5, 0.6) is 0 Å². The highest BCUT2D eigenvalue weighted by Crippen LogP contribution is 2.04. The van der Waals surface area contributed by atoms with E-state index in [1.807, 2.05) is 0 Å². The van der Waals surface area contributed by atoms with Crippen LogP contribution in [0.15, 0.2) is 0 Å². The Hall–Kier alpha value is 0.110. The van der Waals surface area contributed by atoms with Gasteiger partial charge in [-0.25, -0.2) is 8.78 Å². The summed E-state index contributed by atoms with van der Waals surface area (Å²) >= 11 is 5.47. The van der Waals surface area contributed by atoms with Gasteiger partial charge in [0.05, 0.1) is 6.54 Å². The first-order chi connectivity index (χ1) is 4.48. The van der Waals surface area contributed by atoms with Crippen molar-refractivity contribution in [3.05, 3.63) is 0 Å². The molecule has 4 heteroatoms. The van der Waals surface area contributed by atoms with E-state index in [2.05, 4.69) is 5.32 Å². The third-order valence-electron chi connectivity index (χ3n) is 1.07. The lowest BCUT2D eigenvalue weighted by Gasteiger charge is -2.22. The number of nitrogens with one attached hydrogen (secondary N) is 1. The molecule has 1 N–H and O–H groups in total. The van der Waals surface area contributed by atoms with Crippen molar-refractivity contribution in [1.82, 2.24) is 5.32 Å². The van der Waals surface area contributed by atoms with Crippen molar-refractivity contribution in [1.29, 1.82) is 0 Å². The fourth-order valence-electron chi connectivity index (χ4n) is 0.401. The summed E-state index contributed by atoms with van der Waals surface area (Å²) in [5.41, 5.74) is -0.391. The van der Waals surface area contributed by atoms with Crippen LogP contribution in [-0.2, 0) is 0 Å². The molecule has 0 saturated heterocycles. The maximum absolute atomic E-state index is 11.6. The minimum atomic E-state index is -2.30.